The molecule has 2 aromatic rings. The van der Waals surface area contributed by atoms with E-state index < -0.39 is 11.9 Å². The van der Waals surface area contributed by atoms with Crippen LogP contribution in [0.4, 0.5) is 5.69 Å². The quantitative estimate of drug-likeness (QED) is 0.843. The number of hydrogen-bond donors (Lipinski definition) is 2. The zero-order valence-corrected chi connectivity index (χ0v) is 16.2. The maximum atomic E-state index is 12.9. The number of carbonyl (C=O) groups is 2. The molecule has 0 unspecified atom stereocenters. The summed E-state index contributed by atoms with van der Waals surface area (Å²) in [6.07, 6.45) is 1.62. The van der Waals surface area contributed by atoms with Crippen LogP contribution in [0.5, 0.6) is 11.6 Å². The van der Waals surface area contributed by atoms with Crippen molar-refractivity contribution in [2.24, 2.45) is 5.41 Å². The second kappa shape index (κ2) is 6.85. The van der Waals surface area contributed by atoms with E-state index in [-0.39, 0.29) is 23.6 Å². The number of ether oxygens (including phenoxy) is 2. The van der Waals surface area contributed by atoms with Gasteiger partial charge >= 0.3 is 0 Å². The molecule has 28 heavy (non-hydrogen) atoms. The molecule has 0 radical (unpaired) electrons. The molecule has 148 valence electrons. The molecule has 4 rings (SSSR count). The SMILES string of the molecule is CC[C@@]1(C)COc2[nH]nc(C(=O)N[C@H]3COc4ccccc4N(C)C3=O)c2C1. The van der Waals surface area contributed by atoms with Crippen molar-refractivity contribution in [3.05, 3.63) is 35.5 Å². The van der Waals surface area contributed by atoms with E-state index in [1.165, 1.54) is 4.90 Å². The van der Waals surface area contributed by atoms with E-state index in [1.807, 2.05) is 18.2 Å². The van der Waals surface area contributed by atoms with E-state index in [0.29, 0.717) is 30.3 Å². The third kappa shape index (κ3) is 3.08. The van der Waals surface area contributed by atoms with Gasteiger partial charge in [-0.15, -0.1) is 0 Å². The van der Waals surface area contributed by atoms with Crippen molar-refractivity contribution in [1.82, 2.24) is 15.5 Å². The molecule has 2 aliphatic heterocycles. The minimum atomic E-state index is -0.806. The van der Waals surface area contributed by atoms with Gasteiger partial charge < -0.3 is 19.7 Å². The maximum absolute atomic E-state index is 12.9. The normalized spacial score (nSPS) is 23.8. The van der Waals surface area contributed by atoms with Crippen LogP contribution in [0.25, 0.3) is 0 Å². The van der Waals surface area contributed by atoms with Crippen LogP contribution in [-0.4, -0.2) is 48.3 Å². The summed E-state index contributed by atoms with van der Waals surface area (Å²) in [5.41, 5.74) is 1.65. The first-order valence-corrected chi connectivity index (χ1v) is 9.42. The number of carbonyl (C=O) groups excluding carboxylic acids is 2. The topological polar surface area (TPSA) is 96.5 Å². The van der Waals surface area contributed by atoms with E-state index >= 15 is 0 Å². The molecule has 2 aliphatic rings. The molecule has 0 bridgehead atoms. The third-order valence-corrected chi connectivity index (χ3v) is 5.63. The molecule has 1 aromatic heterocycles. The summed E-state index contributed by atoms with van der Waals surface area (Å²) in [5.74, 6) is 0.489. The number of amides is 2. The van der Waals surface area contributed by atoms with Crippen LogP contribution in [0, 0.1) is 5.41 Å². The lowest BCUT2D eigenvalue weighted by Crippen LogP contribution is -2.49. The number of H-pyrrole nitrogens is 1. The van der Waals surface area contributed by atoms with Gasteiger partial charge in [0, 0.05) is 18.0 Å². The van der Waals surface area contributed by atoms with Crippen LogP contribution in [0.2, 0.25) is 0 Å². The molecule has 0 aliphatic carbocycles. The summed E-state index contributed by atoms with van der Waals surface area (Å²) in [5, 5.41) is 9.71. The number of para-hydroxylation sites is 2. The van der Waals surface area contributed by atoms with Gasteiger partial charge in [-0.25, -0.2) is 5.10 Å². The van der Waals surface area contributed by atoms with Crippen LogP contribution in [0.1, 0.15) is 36.3 Å². The number of aromatic amines is 1. The highest BCUT2D eigenvalue weighted by Crippen LogP contribution is 2.37. The van der Waals surface area contributed by atoms with Crippen molar-refractivity contribution in [3.63, 3.8) is 0 Å². The molecule has 2 N–H and O–H groups in total. The minimum absolute atomic E-state index is 0.0466. The van der Waals surface area contributed by atoms with Gasteiger partial charge in [0.25, 0.3) is 11.8 Å². The van der Waals surface area contributed by atoms with Crippen LogP contribution in [0.15, 0.2) is 24.3 Å². The lowest BCUT2D eigenvalue weighted by atomic mass is 9.80. The number of aromatic nitrogens is 2. The zero-order valence-electron chi connectivity index (χ0n) is 16.2. The number of hydrogen-bond acceptors (Lipinski definition) is 5. The Balaban J connectivity index is 1.54. The lowest BCUT2D eigenvalue weighted by molar-refractivity contribution is -0.120. The van der Waals surface area contributed by atoms with Crippen LogP contribution < -0.4 is 19.7 Å². The summed E-state index contributed by atoms with van der Waals surface area (Å²) < 4.78 is 11.5. The molecular formula is C20H24N4O4. The Hall–Kier alpha value is -3.03. The number of likely N-dealkylation sites (N-methyl/N-ethyl adjacent to an activating group) is 1. The molecule has 1 aromatic carbocycles. The molecule has 8 nitrogen and oxygen atoms in total. The summed E-state index contributed by atoms with van der Waals surface area (Å²) in [6, 6.07) is 6.49. The summed E-state index contributed by atoms with van der Waals surface area (Å²) in [6.45, 7) is 4.86. The molecule has 0 fully saturated rings. The second-order valence-corrected chi connectivity index (χ2v) is 7.71. The fraction of sp³-hybridized carbons (Fsp3) is 0.450. The van der Waals surface area contributed by atoms with Crippen molar-refractivity contribution < 1.29 is 19.1 Å². The number of benzene rings is 1. The van der Waals surface area contributed by atoms with Crippen LogP contribution in [0.3, 0.4) is 0 Å². The highest BCUT2D eigenvalue weighted by Gasteiger charge is 2.36. The predicted molar refractivity (Wildman–Crippen MR) is 103 cm³/mol. The molecule has 0 saturated carbocycles. The predicted octanol–water partition coefficient (Wildman–Crippen LogP) is 1.91. The fourth-order valence-corrected chi connectivity index (χ4v) is 3.55. The molecule has 0 spiro atoms. The molecule has 3 heterocycles. The van der Waals surface area contributed by atoms with Crippen LogP contribution >= 0.6 is 0 Å². The van der Waals surface area contributed by atoms with Gasteiger partial charge in [-0.2, -0.15) is 5.10 Å². The smallest absolute Gasteiger partial charge is 0.272 e. The van der Waals surface area contributed by atoms with E-state index in [9.17, 15) is 9.59 Å². The molecule has 2 amide bonds. The highest BCUT2D eigenvalue weighted by molar-refractivity contribution is 6.03. The lowest BCUT2D eigenvalue weighted by Gasteiger charge is -2.32. The van der Waals surface area contributed by atoms with Gasteiger partial charge in [-0.1, -0.05) is 26.0 Å². The summed E-state index contributed by atoms with van der Waals surface area (Å²) in [4.78, 5) is 27.2. The molecular weight excluding hydrogens is 360 g/mol. The zero-order chi connectivity index (χ0) is 19.9. The minimum Gasteiger partial charge on any atom is -0.489 e. The van der Waals surface area contributed by atoms with E-state index in [1.54, 1.807) is 13.1 Å². The fourth-order valence-electron chi connectivity index (χ4n) is 3.55. The molecule has 2 atom stereocenters. The first-order valence-electron chi connectivity index (χ1n) is 9.42. The van der Waals surface area contributed by atoms with Crippen molar-refractivity contribution >= 4 is 17.5 Å². The average Bonchev–Trinajstić information content (AvgIpc) is 3.08. The standard InChI is InChI=1S/C20H24N4O4/c1-4-20(2)9-12-16(22-23-18(12)28-11-20)17(25)21-13-10-27-15-8-6-5-7-14(15)24(3)19(13)26/h5-8,13H,4,9-11H2,1-3H3,(H,21,25)(H,22,23)/t13-,20+/m0/s1. The summed E-state index contributed by atoms with van der Waals surface area (Å²) in [7, 11) is 1.67. The number of nitrogens with zero attached hydrogens (tertiary/aromatic N) is 2. The third-order valence-electron chi connectivity index (χ3n) is 5.63. The Morgan fingerprint density at radius 1 is 1.39 bits per heavy atom. The largest absolute Gasteiger partial charge is 0.489 e. The Morgan fingerprint density at radius 3 is 2.96 bits per heavy atom. The van der Waals surface area contributed by atoms with Crippen molar-refractivity contribution in [3.8, 4) is 11.6 Å². The molecule has 8 heteroatoms. The Labute approximate surface area is 163 Å². The second-order valence-electron chi connectivity index (χ2n) is 7.71. The van der Waals surface area contributed by atoms with Crippen LogP contribution in [-0.2, 0) is 11.2 Å². The highest BCUT2D eigenvalue weighted by atomic mass is 16.5. The first-order chi connectivity index (χ1) is 13.4. The van der Waals surface area contributed by atoms with Gasteiger partial charge in [0.15, 0.2) is 5.69 Å². The van der Waals surface area contributed by atoms with E-state index in [2.05, 4.69) is 29.4 Å². The number of nitrogens with one attached hydrogen (secondary N) is 2. The van der Waals surface area contributed by atoms with Gasteiger partial charge in [-0.05, 0) is 25.0 Å². The van der Waals surface area contributed by atoms with Gasteiger partial charge in [-0.3, -0.25) is 9.59 Å². The first kappa shape index (κ1) is 18.3. The monoisotopic (exact) mass is 384 g/mol. The Morgan fingerprint density at radius 2 is 2.18 bits per heavy atom. The van der Waals surface area contributed by atoms with Gasteiger partial charge in [0.05, 0.1) is 12.3 Å². The van der Waals surface area contributed by atoms with E-state index in [0.717, 1.165) is 12.0 Å². The van der Waals surface area contributed by atoms with E-state index in [4.69, 9.17) is 9.47 Å². The van der Waals surface area contributed by atoms with Crippen molar-refractivity contribution in [2.45, 2.75) is 32.7 Å². The van der Waals surface area contributed by atoms with Gasteiger partial charge in [0.2, 0.25) is 5.88 Å². The average molecular weight is 384 g/mol. The van der Waals surface area contributed by atoms with Gasteiger partial charge in [0.1, 0.15) is 18.4 Å². The number of anilines is 1. The number of fused-ring (bicyclic) bond motifs is 2. The Kier molecular flexibility index (Phi) is 4.49. The van der Waals surface area contributed by atoms with Crippen molar-refractivity contribution in [1.29, 1.82) is 0 Å². The Bertz CT molecular complexity index is 925. The number of rotatable bonds is 3. The summed E-state index contributed by atoms with van der Waals surface area (Å²) >= 11 is 0. The van der Waals surface area contributed by atoms with Crippen molar-refractivity contribution in [2.75, 3.05) is 25.2 Å². The molecule has 0 saturated heterocycles. The maximum Gasteiger partial charge on any atom is 0.272 e.